The van der Waals surface area contributed by atoms with Gasteiger partial charge in [-0.2, -0.15) is 0 Å². The lowest BCUT2D eigenvalue weighted by Gasteiger charge is -2.41. The van der Waals surface area contributed by atoms with Crippen LogP contribution in [0.1, 0.15) is 29.5 Å². The molecule has 3 aliphatic carbocycles. The van der Waals surface area contributed by atoms with Crippen molar-refractivity contribution in [1.29, 1.82) is 0 Å². The maximum absolute atomic E-state index is 13.5. The number of aliphatic hydroxyl groups is 3. The van der Waals surface area contributed by atoms with E-state index in [0.717, 1.165) is 16.7 Å². The fourth-order valence-corrected chi connectivity index (χ4v) is 5.70. The number of ketones is 2. The molecule has 1 amide bonds. The maximum Gasteiger partial charge on any atom is 0.255 e. The fourth-order valence-electron chi connectivity index (χ4n) is 5.70. The Balaban J connectivity index is 1.65. The largest absolute Gasteiger partial charge is 0.511 e. The van der Waals surface area contributed by atoms with Gasteiger partial charge in [-0.1, -0.05) is 30.3 Å². The molecule has 0 aliphatic heterocycles. The predicted molar refractivity (Wildman–Crippen MR) is 121 cm³/mol. The Hall–Kier alpha value is -3.91. The van der Waals surface area contributed by atoms with Gasteiger partial charge in [-0.25, -0.2) is 0 Å². The highest BCUT2D eigenvalue weighted by Gasteiger charge is 2.50. The van der Waals surface area contributed by atoms with Crippen molar-refractivity contribution in [1.82, 2.24) is 0 Å². The molecule has 6 N–H and O–H groups in total. The zero-order valence-corrected chi connectivity index (χ0v) is 18.1. The number of aromatic hydroxyl groups is 1. The van der Waals surface area contributed by atoms with Gasteiger partial charge >= 0.3 is 0 Å². The summed E-state index contributed by atoms with van der Waals surface area (Å²) in [5, 5.41) is 41.7. The molecule has 5 rings (SSSR count). The van der Waals surface area contributed by atoms with Crippen LogP contribution in [0.4, 0.5) is 0 Å². The number of fused-ring (bicyclic) bond motifs is 3. The molecule has 0 heterocycles. The second-order valence-corrected chi connectivity index (χ2v) is 9.09. The second kappa shape index (κ2) is 7.85. The van der Waals surface area contributed by atoms with Crippen molar-refractivity contribution >= 4 is 23.2 Å². The summed E-state index contributed by atoms with van der Waals surface area (Å²) in [5.41, 5.74) is 7.96. The van der Waals surface area contributed by atoms with Gasteiger partial charge in [0, 0.05) is 12.0 Å². The Morgan fingerprint density at radius 1 is 1.00 bits per heavy atom. The van der Waals surface area contributed by atoms with E-state index in [1.165, 1.54) is 6.07 Å². The zero-order valence-electron chi connectivity index (χ0n) is 18.1. The number of nitrogens with two attached hydrogens (primary N) is 1. The van der Waals surface area contributed by atoms with Crippen molar-refractivity contribution in [2.24, 2.45) is 23.5 Å². The monoisotopic (exact) mass is 461 g/mol. The smallest absolute Gasteiger partial charge is 0.255 e. The number of phenolic OH excluding ortho intramolecular Hbond substituents is 1. The number of allylic oxidation sites excluding steroid dienone is 2. The highest BCUT2D eigenvalue weighted by Crippen LogP contribution is 2.51. The molecule has 1 unspecified atom stereocenters. The summed E-state index contributed by atoms with van der Waals surface area (Å²) in [7, 11) is 0. The van der Waals surface area contributed by atoms with Crippen LogP contribution in [-0.2, 0) is 27.4 Å². The van der Waals surface area contributed by atoms with Gasteiger partial charge in [-0.15, -0.1) is 0 Å². The Kier molecular flexibility index (Phi) is 5.06. The number of aliphatic hydroxyl groups excluding tert-OH is 3. The van der Waals surface area contributed by atoms with Crippen LogP contribution in [0.25, 0.3) is 16.9 Å². The summed E-state index contributed by atoms with van der Waals surface area (Å²) < 4.78 is 0. The van der Waals surface area contributed by atoms with Crippen molar-refractivity contribution < 1.29 is 34.8 Å². The van der Waals surface area contributed by atoms with Crippen LogP contribution >= 0.6 is 0 Å². The fraction of sp³-hybridized carbons (Fsp3) is 0.269. The molecule has 2 aromatic rings. The van der Waals surface area contributed by atoms with Gasteiger partial charge in [-0.3, -0.25) is 14.4 Å². The Labute approximate surface area is 194 Å². The van der Waals surface area contributed by atoms with E-state index in [9.17, 15) is 34.8 Å². The number of benzene rings is 2. The van der Waals surface area contributed by atoms with E-state index in [1.54, 1.807) is 18.2 Å². The first-order valence-electron chi connectivity index (χ1n) is 11.0. The van der Waals surface area contributed by atoms with Crippen LogP contribution in [-0.4, -0.2) is 37.9 Å². The number of amides is 1. The normalized spacial score (nSPS) is 24.0. The quantitative estimate of drug-likeness (QED) is 0.439. The Morgan fingerprint density at radius 3 is 2.35 bits per heavy atom. The number of phenols is 1. The molecule has 8 nitrogen and oxygen atoms in total. The van der Waals surface area contributed by atoms with E-state index in [0.29, 0.717) is 18.4 Å². The van der Waals surface area contributed by atoms with Crippen molar-refractivity contribution in [3.8, 4) is 16.9 Å². The van der Waals surface area contributed by atoms with Crippen LogP contribution in [0.5, 0.6) is 5.75 Å². The molecule has 0 spiro atoms. The molecule has 2 aromatic carbocycles. The van der Waals surface area contributed by atoms with Gasteiger partial charge in [0.2, 0.25) is 0 Å². The van der Waals surface area contributed by atoms with E-state index in [2.05, 4.69) is 0 Å². The minimum Gasteiger partial charge on any atom is -0.511 e. The summed E-state index contributed by atoms with van der Waals surface area (Å²) in [4.78, 5) is 37.6. The van der Waals surface area contributed by atoms with Crippen LogP contribution in [0.15, 0.2) is 53.3 Å². The molecule has 0 aromatic heterocycles. The van der Waals surface area contributed by atoms with E-state index in [4.69, 9.17) is 5.73 Å². The molecular formula is C26H23NO7. The van der Waals surface area contributed by atoms with Gasteiger partial charge in [0.15, 0.2) is 11.6 Å². The minimum absolute atomic E-state index is 0.0848. The molecule has 0 saturated heterocycles. The van der Waals surface area contributed by atoms with Gasteiger partial charge in [0.1, 0.15) is 22.8 Å². The molecule has 0 bridgehead atoms. The maximum atomic E-state index is 13.5. The minimum atomic E-state index is -1.13. The first kappa shape index (κ1) is 21.9. The predicted octanol–water partition coefficient (Wildman–Crippen LogP) is 2.47. The summed E-state index contributed by atoms with van der Waals surface area (Å²) in [5.74, 6) is -5.48. The number of hydrogen-bond donors (Lipinski definition) is 5. The lowest BCUT2D eigenvalue weighted by molar-refractivity contribution is -0.127. The average molecular weight is 461 g/mol. The molecule has 3 atom stereocenters. The van der Waals surface area contributed by atoms with Gasteiger partial charge in [-0.05, 0) is 53.0 Å². The van der Waals surface area contributed by atoms with E-state index in [1.807, 2.05) is 12.1 Å². The van der Waals surface area contributed by atoms with Crippen molar-refractivity contribution in [2.75, 3.05) is 0 Å². The van der Waals surface area contributed by atoms with Crippen molar-refractivity contribution in [3.63, 3.8) is 0 Å². The van der Waals surface area contributed by atoms with Crippen LogP contribution in [0, 0.1) is 17.8 Å². The van der Waals surface area contributed by atoms with E-state index < -0.39 is 46.6 Å². The first-order valence-corrected chi connectivity index (χ1v) is 11.0. The molecule has 8 heteroatoms. The van der Waals surface area contributed by atoms with Crippen LogP contribution in [0.3, 0.4) is 0 Å². The number of hydrogen-bond acceptors (Lipinski definition) is 7. The highest BCUT2D eigenvalue weighted by molar-refractivity contribution is 6.21. The lowest BCUT2D eigenvalue weighted by Crippen LogP contribution is -2.44. The second-order valence-electron chi connectivity index (χ2n) is 9.09. The van der Waals surface area contributed by atoms with Crippen LogP contribution in [0.2, 0.25) is 0 Å². The molecule has 1 fully saturated rings. The standard InChI is InChI=1S/C26H23NO7/c27-26(34)22-18(30)9-14-7-13-8-16-15(12-3-1-11(10-28)2-4-12)5-6-17(29)21(16)24(32)19(13)23(31)20(14)25(22)33/h1-6,13-14,20,28-29,32-33H,7-10H2,(H2,27,34)/t13-,14+,20?/m1/s1. The van der Waals surface area contributed by atoms with Gasteiger partial charge in [0.05, 0.1) is 18.1 Å². The number of carbonyl (C=O) groups excluding carboxylic acids is 3. The van der Waals surface area contributed by atoms with E-state index in [-0.39, 0.29) is 35.7 Å². The molecule has 34 heavy (non-hydrogen) atoms. The SMILES string of the molecule is NC(=O)C1=C(O)C2C(=O)C3=C(O)c4c(O)ccc(-c5ccc(CO)cc5)c4C[C@H]3C[C@H]2CC1=O. The number of primary amides is 1. The third-order valence-corrected chi connectivity index (χ3v) is 7.22. The molecule has 174 valence electrons. The molecule has 1 saturated carbocycles. The summed E-state index contributed by atoms with van der Waals surface area (Å²) in [6.07, 6.45) is 0.595. The molecule has 3 aliphatic rings. The summed E-state index contributed by atoms with van der Waals surface area (Å²) >= 11 is 0. The van der Waals surface area contributed by atoms with E-state index >= 15 is 0 Å². The first-order chi connectivity index (χ1) is 16.2. The van der Waals surface area contributed by atoms with Gasteiger partial charge in [0.25, 0.3) is 5.91 Å². The molecule has 0 radical (unpaired) electrons. The molecular weight excluding hydrogens is 438 g/mol. The third kappa shape index (κ3) is 3.13. The van der Waals surface area contributed by atoms with Gasteiger partial charge < -0.3 is 26.2 Å². The van der Waals surface area contributed by atoms with Crippen molar-refractivity contribution in [2.45, 2.75) is 25.9 Å². The van der Waals surface area contributed by atoms with Crippen molar-refractivity contribution in [3.05, 3.63) is 70.0 Å². The Morgan fingerprint density at radius 2 is 1.71 bits per heavy atom. The Bertz CT molecular complexity index is 1320. The topological polar surface area (TPSA) is 158 Å². The summed E-state index contributed by atoms with van der Waals surface area (Å²) in [6.45, 7) is -0.0922. The van der Waals surface area contributed by atoms with Crippen LogP contribution < -0.4 is 5.73 Å². The number of rotatable bonds is 3. The lowest BCUT2D eigenvalue weighted by atomic mass is 9.61. The zero-order chi connectivity index (χ0) is 24.3. The highest BCUT2D eigenvalue weighted by atomic mass is 16.3. The summed E-state index contributed by atoms with van der Waals surface area (Å²) in [6, 6.07) is 10.4. The third-order valence-electron chi connectivity index (χ3n) is 7.22. The number of carbonyl (C=O) groups is 3. The number of Topliss-reactive ketones (excluding diaryl/α,β-unsaturated/α-hetero) is 2. The average Bonchev–Trinajstić information content (AvgIpc) is 2.78.